The molecule has 2 aliphatic rings. The van der Waals surface area contributed by atoms with Gasteiger partial charge in [0.15, 0.2) is 0 Å². The summed E-state index contributed by atoms with van der Waals surface area (Å²) in [5.74, 6) is 1.89. The van der Waals surface area contributed by atoms with Crippen molar-refractivity contribution in [2.75, 3.05) is 0 Å². The highest BCUT2D eigenvalue weighted by Crippen LogP contribution is 2.56. The van der Waals surface area contributed by atoms with Crippen LogP contribution in [0.5, 0.6) is 0 Å². The third-order valence-electron chi connectivity index (χ3n) is 2.94. The van der Waals surface area contributed by atoms with E-state index in [2.05, 4.69) is 0 Å². The van der Waals surface area contributed by atoms with Crippen molar-refractivity contribution in [3.05, 3.63) is 0 Å². The molecule has 2 rings (SSSR count). The van der Waals surface area contributed by atoms with Crippen LogP contribution in [0.4, 0.5) is 0 Å². The van der Waals surface area contributed by atoms with Gasteiger partial charge in [-0.25, -0.2) is 0 Å². The van der Waals surface area contributed by atoms with Gasteiger partial charge in [-0.15, -0.1) is 0 Å². The van der Waals surface area contributed by atoms with Gasteiger partial charge in [-0.05, 0) is 31.1 Å². The van der Waals surface area contributed by atoms with E-state index in [1.165, 1.54) is 12.8 Å². The first-order valence-corrected chi connectivity index (χ1v) is 3.90. The average molecular weight is 137 g/mol. The maximum absolute atomic E-state index is 9.19. The molecular weight excluding hydrogens is 126 g/mol. The zero-order chi connectivity index (χ0) is 7.14. The van der Waals surface area contributed by atoms with E-state index in [9.17, 15) is 5.11 Å². The van der Waals surface area contributed by atoms with Crippen molar-refractivity contribution in [2.45, 2.75) is 25.4 Å². The van der Waals surface area contributed by atoms with Crippen LogP contribution in [-0.4, -0.2) is 11.2 Å². The Morgan fingerprint density at radius 3 is 2.70 bits per heavy atom. The van der Waals surface area contributed by atoms with Crippen LogP contribution in [0.25, 0.3) is 0 Å². The number of hydrogen-bond acceptors (Lipinski definition) is 2. The zero-order valence-corrected chi connectivity index (χ0v) is 5.83. The number of fused-ring (bicyclic) bond motifs is 1. The van der Waals surface area contributed by atoms with Crippen molar-refractivity contribution in [2.24, 2.45) is 17.8 Å². The standard InChI is InChI=1S/C8H11NO/c9-4-8(10)6-2-1-5-3-7(5)6/h5-8,10H,1-3H2. The number of hydrogen-bond donors (Lipinski definition) is 1. The molecule has 4 atom stereocenters. The second-order valence-electron chi connectivity index (χ2n) is 3.47. The van der Waals surface area contributed by atoms with Crippen LogP contribution < -0.4 is 0 Å². The average Bonchev–Trinajstić information content (AvgIpc) is 2.62. The minimum Gasteiger partial charge on any atom is -0.378 e. The largest absolute Gasteiger partial charge is 0.378 e. The lowest BCUT2D eigenvalue weighted by Gasteiger charge is -2.11. The summed E-state index contributed by atoms with van der Waals surface area (Å²) in [6, 6.07) is 1.92. The zero-order valence-electron chi connectivity index (χ0n) is 5.83. The van der Waals surface area contributed by atoms with Gasteiger partial charge in [0.2, 0.25) is 0 Å². The lowest BCUT2D eigenvalue weighted by atomic mass is 9.98. The number of rotatable bonds is 1. The Kier molecular flexibility index (Phi) is 1.21. The lowest BCUT2D eigenvalue weighted by molar-refractivity contribution is 0.149. The summed E-state index contributed by atoms with van der Waals surface area (Å²) >= 11 is 0. The second-order valence-corrected chi connectivity index (χ2v) is 3.47. The fraction of sp³-hybridized carbons (Fsp3) is 0.875. The van der Waals surface area contributed by atoms with Gasteiger partial charge < -0.3 is 5.11 Å². The van der Waals surface area contributed by atoms with Crippen LogP contribution in [0.15, 0.2) is 0 Å². The number of aliphatic hydroxyl groups excluding tert-OH is 1. The van der Waals surface area contributed by atoms with Gasteiger partial charge in [0.25, 0.3) is 0 Å². The lowest BCUT2D eigenvalue weighted by Crippen LogP contribution is -2.17. The summed E-state index contributed by atoms with van der Waals surface area (Å²) in [6.45, 7) is 0. The molecule has 0 aromatic heterocycles. The van der Waals surface area contributed by atoms with Crippen LogP contribution in [-0.2, 0) is 0 Å². The molecule has 0 aromatic carbocycles. The maximum Gasteiger partial charge on any atom is 0.143 e. The summed E-state index contributed by atoms with van der Waals surface area (Å²) in [5, 5.41) is 17.6. The smallest absolute Gasteiger partial charge is 0.143 e. The van der Waals surface area contributed by atoms with Crippen molar-refractivity contribution < 1.29 is 5.11 Å². The predicted molar refractivity (Wildman–Crippen MR) is 35.9 cm³/mol. The highest BCUT2D eigenvalue weighted by molar-refractivity contribution is 5.04. The molecule has 2 nitrogen and oxygen atoms in total. The predicted octanol–water partition coefficient (Wildman–Crippen LogP) is 0.917. The molecule has 2 heteroatoms. The van der Waals surface area contributed by atoms with Gasteiger partial charge in [0.05, 0.1) is 6.07 Å². The molecule has 0 bridgehead atoms. The highest BCUT2D eigenvalue weighted by atomic mass is 16.3. The first kappa shape index (κ1) is 6.18. The minimum absolute atomic E-state index is 0.315. The molecule has 2 aliphatic carbocycles. The molecule has 2 saturated carbocycles. The number of nitriles is 1. The van der Waals surface area contributed by atoms with E-state index in [4.69, 9.17) is 5.26 Å². The molecule has 1 N–H and O–H groups in total. The van der Waals surface area contributed by atoms with Crippen molar-refractivity contribution >= 4 is 0 Å². The summed E-state index contributed by atoms with van der Waals surface area (Å²) in [7, 11) is 0. The van der Waals surface area contributed by atoms with Crippen molar-refractivity contribution in [1.29, 1.82) is 5.26 Å². The number of nitrogens with zero attached hydrogens (tertiary/aromatic N) is 1. The van der Waals surface area contributed by atoms with Crippen molar-refractivity contribution in [1.82, 2.24) is 0 Å². The Hall–Kier alpha value is -0.550. The highest BCUT2D eigenvalue weighted by Gasteiger charge is 2.50. The van der Waals surface area contributed by atoms with E-state index in [0.29, 0.717) is 11.8 Å². The van der Waals surface area contributed by atoms with Crippen LogP contribution in [0, 0.1) is 29.1 Å². The fourth-order valence-corrected chi connectivity index (χ4v) is 2.24. The van der Waals surface area contributed by atoms with E-state index < -0.39 is 6.10 Å². The van der Waals surface area contributed by atoms with E-state index in [-0.39, 0.29) is 0 Å². The van der Waals surface area contributed by atoms with Gasteiger partial charge in [-0.3, -0.25) is 0 Å². The summed E-state index contributed by atoms with van der Waals surface area (Å²) in [5.41, 5.74) is 0. The van der Waals surface area contributed by atoms with Gasteiger partial charge in [0, 0.05) is 5.92 Å². The summed E-state index contributed by atoms with van der Waals surface area (Å²) < 4.78 is 0. The summed E-state index contributed by atoms with van der Waals surface area (Å²) in [6.07, 6.45) is 2.90. The second kappa shape index (κ2) is 1.96. The Bertz CT molecular complexity index is 184. The molecule has 2 fully saturated rings. The van der Waals surface area contributed by atoms with E-state index >= 15 is 0 Å². The first-order valence-electron chi connectivity index (χ1n) is 3.90. The molecule has 0 aliphatic heterocycles. The molecule has 4 unspecified atom stereocenters. The van der Waals surface area contributed by atoms with Crippen LogP contribution in [0.1, 0.15) is 19.3 Å². The van der Waals surface area contributed by atoms with Crippen molar-refractivity contribution in [3.63, 3.8) is 0 Å². The van der Waals surface area contributed by atoms with Crippen molar-refractivity contribution in [3.8, 4) is 6.07 Å². The number of aliphatic hydroxyl groups is 1. The van der Waals surface area contributed by atoms with E-state index in [0.717, 1.165) is 12.3 Å². The maximum atomic E-state index is 9.19. The Labute approximate surface area is 60.5 Å². The van der Waals surface area contributed by atoms with Crippen LogP contribution in [0.2, 0.25) is 0 Å². The molecule has 0 spiro atoms. The van der Waals surface area contributed by atoms with Gasteiger partial charge >= 0.3 is 0 Å². The minimum atomic E-state index is -0.683. The Morgan fingerprint density at radius 1 is 1.50 bits per heavy atom. The molecule has 0 aromatic rings. The summed E-state index contributed by atoms with van der Waals surface area (Å²) in [4.78, 5) is 0. The van der Waals surface area contributed by atoms with Gasteiger partial charge in [0.1, 0.15) is 6.10 Å². The molecule has 0 amide bonds. The van der Waals surface area contributed by atoms with Gasteiger partial charge in [-0.2, -0.15) is 5.26 Å². The first-order chi connectivity index (χ1) is 4.83. The van der Waals surface area contributed by atoms with E-state index in [1.807, 2.05) is 6.07 Å². The molecule has 0 heterocycles. The quantitative estimate of drug-likeness (QED) is 0.546. The molecular formula is C8H11NO. The third-order valence-corrected chi connectivity index (χ3v) is 2.94. The Morgan fingerprint density at radius 2 is 2.30 bits per heavy atom. The molecule has 54 valence electrons. The monoisotopic (exact) mass is 137 g/mol. The van der Waals surface area contributed by atoms with Crippen LogP contribution >= 0.6 is 0 Å². The normalized spacial score (nSPS) is 45.8. The SMILES string of the molecule is N#CC(O)C1CCC2CC21. The van der Waals surface area contributed by atoms with Gasteiger partial charge in [-0.1, -0.05) is 0 Å². The van der Waals surface area contributed by atoms with E-state index in [1.54, 1.807) is 0 Å². The molecule has 0 radical (unpaired) electrons. The molecule has 0 saturated heterocycles. The Balaban J connectivity index is 2.00. The third kappa shape index (κ3) is 0.741. The molecule has 10 heavy (non-hydrogen) atoms. The topological polar surface area (TPSA) is 44.0 Å². The van der Waals surface area contributed by atoms with Crippen LogP contribution in [0.3, 0.4) is 0 Å². The fourth-order valence-electron chi connectivity index (χ4n) is 2.24.